The van der Waals surface area contributed by atoms with Crippen LogP contribution in [0.15, 0.2) is 4.99 Å². The van der Waals surface area contributed by atoms with E-state index in [9.17, 15) is 9.70 Å². The van der Waals surface area contributed by atoms with Gasteiger partial charge in [-0.2, -0.15) is 0 Å². The molecule has 16 heavy (non-hydrogen) atoms. The summed E-state index contributed by atoms with van der Waals surface area (Å²) in [5, 5.41) is 7.64. The predicted octanol–water partition coefficient (Wildman–Crippen LogP) is -1.75. The lowest BCUT2D eigenvalue weighted by Gasteiger charge is -2.07. The van der Waals surface area contributed by atoms with Crippen molar-refractivity contribution in [2.45, 2.75) is 18.9 Å². The molecule has 0 amide bonds. The molecule has 0 bridgehead atoms. The van der Waals surface area contributed by atoms with Crippen molar-refractivity contribution in [3.8, 4) is 0 Å². The summed E-state index contributed by atoms with van der Waals surface area (Å²) in [6.45, 7) is 0.275. The maximum absolute atomic E-state index is 10.9. The predicted molar refractivity (Wildman–Crippen MR) is 54.3 cm³/mol. The first-order chi connectivity index (χ1) is 7.47. The molecule has 0 heterocycles. The Morgan fingerprint density at radius 3 is 2.81 bits per heavy atom. The van der Waals surface area contributed by atoms with Crippen LogP contribution in [-0.4, -0.2) is 41.9 Å². The minimum Gasteiger partial charge on any atom is -0.468 e. The number of nitrogens with zero attached hydrogens (tertiary/aromatic N) is 2. The van der Waals surface area contributed by atoms with Crippen molar-refractivity contribution >= 4 is 11.9 Å². The van der Waals surface area contributed by atoms with E-state index in [0.717, 1.165) is 0 Å². The fourth-order valence-electron chi connectivity index (χ4n) is 0.913. The number of methoxy groups -OCH3 is 1. The van der Waals surface area contributed by atoms with Crippen molar-refractivity contribution in [2.24, 2.45) is 16.5 Å². The summed E-state index contributed by atoms with van der Waals surface area (Å²) < 4.78 is 4.42. The minimum absolute atomic E-state index is 0.218. The number of rotatable bonds is 6. The molecule has 0 fully saturated rings. The number of nitrogens with two attached hydrogens (primary N) is 2. The number of nitrogens with one attached hydrogen (secondary N) is 1. The van der Waals surface area contributed by atoms with Gasteiger partial charge in [-0.25, -0.2) is 10.2 Å². The Morgan fingerprint density at radius 1 is 1.69 bits per heavy atom. The van der Waals surface area contributed by atoms with Crippen LogP contribution in [0.1, 0.15) is 12.8 Å². The van der Waals surface area contributed by atoms with Gasteiger partial charge in [0, 0.05) is 6.54 Å². The van der Waals surface area contributed by atoms with Crippen LogP contribution in [0, 0.1) is 4.91 Å². The topological polar surface area (TPSA) is 143 Å². The molecule has 0 spiro atoms. The van der Waals surface area contributed by atoms with E-state index in [1.54, 1.807) is 5.43 Å². The largest absolute Gasteiger partial charge is 0.468 e. The van der Waals surface area contributed by atoms with Gasteiger partial charge in [0.1, 0.15) is 10.9 Å². The quantitative estimate of drug-likeness (QED) is 0.140. The fraction of sp³-hybridized carbons (Fsp3) is 0.714. The number of hydrogen-bond donors (Lipinski definition) is 4. The second kappa shape index (κ2) is 7.40. The third-order valence-corrected chi connectivity index (χ3v) is 1.67. The number of ether oxygens (including phenoxy) is 1. The number of carbonyl (C=O) groups excluding carboxylic acids is 1. The number of esters is 1. The molecule has 0 saturated heterocycles. The van der Waals surface area contributed by atoms with Gasteiger partial charge in [0.15, 0.2) is 0 Å². The summed E-state index contributed by atoms with van der Waals surface area (Å²) in [6.07, 6.45) is 0.895. The molecule has 9 heteroatoms. The highest BCUT2D eigenvalue weighted by Crippen LogP contribution is 1.96. The van der Waals surface area contributed by atoms with Gasteiger partial charge in [0.05, 0.1) is 7.11 Å². The maximum Gasteiger partial charge on any atom is 0.362 e. The molecule has 6 N–H and O–H groups in total. The molecule has 0 aliphatic rings. The van der Waals surface area contributed by atoms with Crippen LogP contribution in [0.2, 0.25) is 0 Å². The van der Waals surface area contributed by atoms with Crippen LogP contribution >= 0.6 is 0 Å². The Hall–Kier alpha value is -1.90. The minimum atomic E-state index is -0.691. The molecule has 0 unspecified atom stereocenters. The lowest BCUT2D eigenvalue weighted by atomic mass is 10.2. The molecule has 0 radical (unpaired) electrons. The van der Waals surface area contributed by atoms with Gasteiger partial charge in [-0.3, -0.25) is 4.79 Å². The summed E-state index contributed by atoms with van der Waals surface area (Å²) in [6, 6.07) is -0.691. The molecule has 0 aliphatic heterocycles. The van der Waals surface area contributed by atoms with Crippen LogP contribution < -0.4 is 16.9 Å². The van der Waals surface area contributed by atoms with Gasteiger partial charge in [-0.05, 0) is 18.3 Å². The molecule has 0 aromatic rings. The fourth-order valence-corrected chi connectivity index (χ4v) is 0.913. The van der Waals surface area contributed by atoms with Crippen molar-refractivity contribution in [2.75, 3.05) is 13.7 Å². The van der Waals surface area contributed by atoms with Crippen molar-refractivity contribution in [3.63, 3.8) is 0 Å². The zero-order valence-electron chi connectivity index (χ0n) is 8.92. The average molecular weight is 234 g/mol. The zero-order valence-corrected chi connectivity index (χ0v) is 8.92. The van der Waals surface area contributed by atoms with Crippen LogP contribution in [-0.2, 0) is 9.53 Å². The first kappa shape index (κ1) is 14.1. The van der Waals surface area contributed by atoms with Crippen molar-refractivity contribution in [3.05, 3.63) is 4.91 Å². The van der Waals surface area contributed by atoms with Gasteiger partial charge in [-0.15, -0.1) is 0 Å². The van der Waals surface area contributed by atoms with E-state index in [1.807, 2.05) is 0 Å². The van der Waals surface area contributed by atoms with E-state index in [2.05, 4.69) is 9.73 Å². The summed E-state index contributed by atoms with van der Waals surface area (Å²) in [7, 11) is 1.26. The molecule has 0 aliphatic carbocycles. The molecule has 92 valence electrons. The third-order valence-electron chi connectivity index (χ3n) is 1.67. The van der Waals surface area contributed by atoms with E-state index in [-0.39, 0.29) is 12.5 Å². The molecule has 0 aromatic carbocycles. The van der Waals surface area contributed by atoms with Gasteiger partial charge >= 0.3 is 11.0 Å². The normalized spacial score (nSPS) is 13.0. The third kappa shape index (κ3) is 6.54. The average Bonchev–Trinajstić information content (AvgIpc) is 2.21. The Labute approximate surface area is 92.0 Å². The molecular weight excluding hydrogens is 218 g/mol. The lowest BCUT2D eigenvalue weighted by molar-refractivity contribution is -0.822. The maximum atomic E-state index is 10.9. The smallest absolute Gasteiger partial charge is 0.362 e. The molecule has 9 nitrogen and oxygen atoms in total. The van der Waals surface area contributed by atoms with Gasteiger partial charge in [0.2, 0.25) is 0 Å². The highest BCUT2D eigenvalue weighted by Gasteiger charge is 2.12. The number of guanidine groups is 1. The van der Waals surface area contributed by atoms with Gasteiger partial charge < -0.3 is 16.2 Å². The molecule has 0 aromatic heterocycles. The standard InChI is InChI=1S/C7H16N5O4/c1-16-6(13)5(8)3-2-4-10-7(9)11-12(14)15/h5H,2-4,8H2,1H3,(H,14,15)(H3,9,10,11)/q+1/t5-/m0/s1. The molecule has 0 rings (SSSR count). The SMILES string of the molecule is COC(=O)[C@@H](N)CCCN=C(N)N[N+](=O)O. The van der Waals surface area contributed by atoms with E-state index >= 15 is 0 Å². The van der Waals surface area contributed by atoms with Crippen molar-refractivity contribution < 1.29 is 19.8 Å². The number of carbonyl (C=O) groups is 1. The summed E-state index contributed by atoms with van der Waals surface area (Å²) in [5.74, 6) is -0.708. The van der Waals surface area contributed by atoms with Crippen LogP contribution in [0.25, 0.3) is 0 Å². The Kier molecular flexibility index (Phi) is 6.52. The highest BCUT2D eigenvalue weighted by molar-refractivity contribution is 5.76. The van der Waals surface area contributed by atoms with Gasteiger partial charge in [0.25, 0.3) is 5.96 Å². The van der Waals surface area contributed by atoms with Crippen LogP contribution in [0.5, 0.6) is 0 Å². The van der Waals surface area contributed by atoms with E-state index < -0.39 is 17.0 Å². The number of hydrogen-bond acceptors (Lipinski definition) is 5. The summed E-state index contributed by atoms with van der Waals surface area (Å²) >= 11 is 0. The second-order valence-corrected chi connectivity index (χ2v) is 2.92. The van der Waals surface area contributed by atoms with E-state index in [1.165, 1.54) is 7.11 Å². The Balaban J connectivity index is 3.74. The first-order valence-corrected chi connectivity index (χ1v) is 4.53. The first-order valence-electron chi connectivity index (χ1n) is 4.53. The lowest BCUT2D eigenvalue weighted by Crippen LogP contribution is -2.37. The molecular formula is C7H16N5O4+. The van der Waals surface area contributed by atoms with E-state index in [0.29, 0.717) is 12.8 Å². The zero-order chi connectivity index (χ0) is 12.6. The van der Waals surface area contributed by atoms with Crippen molar-refractivity contribution in [1.82, 2.24) is 5.43 Å². The van der Waals surface area contributed by atoms with Gasteiger partial charge in [-0.1, -0.05) is 0 Å². The Bertz CT molecular complexity index is 280. The van der Waals surface area contributed by atoms with Crippen LogP contribution in [0.3, 0.4) is 0 Å². The number of hydrazine groups is 1. The number of aliphatic imine (C=N–C) groups is 1. The second-order valence-electron chi connectivity index (χ2n) is 2.92. The molecule has 0 saturated carbocycles. The van der Waals surface area contributed by atoms with Crippen molar-refractivity contribution in [1.29, 1.82) is 0 Å². The van der Waals surface area contributed by atoms with Crippen LogP contribution in [0.4, 0.5) is 0 Å². The summed E-state index contributed by atoms with van der Waals surface area (Å²) in [4.78, 5) is 24.6. The summed E-state index contributed by atoms with van der Waals surface area (Å²) in [5.41, 5.74) is 12.5. The van der Waals surface area contributed by atoms with E-state index in [4.69, 9.17) is 16.7 Å². The molecule has 1 atom stereocenters. The monoisotopic (exact) mass is 234 g/mol. The highest BCUT2D eigenvalue weighted by atomic mass is 16.7. The Morgan fingerprint density at radius 2 is 2.31 bits per heavy atom.